The summed E-state index contributed by atoms with van der Waals surface area (Å²) in [4.78, 5) is 31.1. The molecule has 0 aliphatic carbocycles. The van der Waals surface area contributed by atoms with Gasteiger partial charge in [-0.25, -0.2) is 0 Å². The van der Waals surface area contributed by atoms with Crippen molar-refractivity contribution in [1.29, 1.82) is 0 Å². The Balaban J connectivity index is 1.31. The van der Waals surface area contributed by atoms with Gasteiger partial charge >= 0.3 is 0 Å². The molecule has 0 bridgehead atoms. The maximum Gasteiger partial charge on any atom is 0.222 e. The lowest BCUT2D eigenvalue weighted by Crippen LogP contribution is -2.50. The van der Waals surface area contributed by atoms with Crippen LogP contribution in [0.15, 0.2) is 60.7 Å². The number of nitrogens with zero attached hydrogens (tertiary/aromatic N) is 3. The second kappa shape index (κ2) is 10.6. The van der Waals surface area contributed by atoms with Crippen molar-refractivity contribution in [3.05, 3.63) is 71.8 Å². The number of benzene rings is 2. The summed E-state index contributed by atoms with van der Waals surface area (Å²) in [5.74, 6) is 0.472. The van der Waals surface area contributed by atoms with E-state index in [2.05, 4.69) is 65.6 Å². The molecule has 2 heterocycles. The van der Waals surface area contributed by atoms with Gasteiger partial charge in [-0.05, 0) is 30.4 Å². The predicted octanol–water partition coefficient (Wildman–Crippen LogP) is 3.71. The summed E-state index contributed by atoms with van der Waals surface area (Å²) in [6.45, 7) is 4.82. The van der Waals surface area contributed by atoms with Crippen molar-refractivity contribution in [1.82, 2.24) is 14.7 Å². The zero-order valence-corrected chi connectivity index (χ0v) is 18.3. The Kier molecular flexibility index (Phi) is 7.36. The molecule has 2 aliphatic rings. The van der Waals surface area contributed by atoms with E-state index in [9.17, 15) is 9.59 Å². The zero-order chi connectivity index (χ0) is 21.5. The Morgan fingerprint density at radius 1 is 0.806 bits per heavy atom. The normalized spacial score (nSPS) is 17.9. The van der Waals surface area contributed by atoms with E-state index in [1.54, 1.807) is 0 Å². The molecule has 31 heavy (non-hydrogen) atoms. The number of hydrogen-bond acceptors (Lipinski definition) is 3. The van der Waals surface area contributed by atoms with Crippen LogP contribution in [0.5, 0.6) is 0 Å². The number of rotatable bonds is 7. The second-order valence-electron chi connectivity index (χ2n) is 8.58. The molecule has 2 aromatic carbocycles. The molecule has 2 aromatic rings. The van der Waals surface area contributed by atoms with Crippen molar-refractivity contribution in [3.8, 4) is 0 Å². The average molecular weight is 420 g/mol. The third kappa shape index (κ3) is 5.53. The Morgan fingerprint density at radius 3 is 2.00 bits per heavy atom. The molecular weight excluding hydrogens is 386 g/mol. The lowest BCUT2D eigenvalue weighted by molar-refractivity contribution is -0.136. The maximum atomic E-state index is 12.7. The van der Waals surface area contributed by atoms with Gasteiger partial charge < -0.3 is 9.80 Å². The fourth-order valence-corrected chi connectivity index (χ4v) is 4.79. The summed E-state index contributed by atoms with van der Waals surface area (Å²) in [7, 11) is 0. The SMILES string of the molecule is O=C1CCCCN1CCCC(=O)N1CCN(C(c2ccccc2)c2ccccc2)CC1. The molecule has 5 heteroatoms. The molecule has 0 aromatic heterocycles. The van der Waals surface area contributed by atoms with E-state index >= 15 is 0 Å². The average Bonchev–Trinajstić information content (AvgIpc) is 2.82. The van der Waals surface area contributed by atoms with E-state index in [0.717, 1.165) is 52.0 Å². The zero-order valence-electron chi connectivity index (χ0n) is 18.3. The quantitative estimate of drug-likeness (QED) is 0.687. The van der Waals surface area contributed by atoms with Crippen LogP contribution in [0.1, 0.15) is 49.3 Å². The molecule has 2 aliphatic heterocycles. The minimum atomic E-state index is 0.213. The number of likely N-dealkylation sites (tertiary alicyclic amines) is 1. The van der Waals surface area contributed by atoms with Crippen molar-refractivity contribution in [3.63, 3.8) is 0 Å². The van der Waals surface area contributed by atoms with Crippen LogP contribution in [0, 0.1) is 0 Å². The van der Waals surface area contributed by atoms with Gasteiger partial charge in [0.15, 0.2) is 0 Å². The molecule has 2 amide bonds. The monoisotopic (exact) mass is 419 g/mol. The number of amides is 2. The van der Waals surface area contributed by atoms with Crippen molar-refractivity contribution in [2.24, 2.45) is 0 Å². The topological polar surface area (TPSA) is 43.9 Å². The third-order valence-corrected chi connectivity index (χ3v) is 6.50. The standard InChI is InChI=1S/C26H33N3O2/c30-24-14-7-8-16-27(24)17-9-15-25(31)28-18-20-29(21-19-28)26(22-10-3-1-4-11-22)23-12-5-2-6-13-23/h1-6,10-13,26H,7-9,14-21H2. The highest BCUT2D eigenvalue weighted by atomic mass is 16.2. The summed E-state index contributed by atoms with van der Waals surface area (Å²) in [6.07, 6.45) is 4.06. The molecule has 5 nitrogen and oxygen atoms in total. The molecule has 4 rings (SSSR count). The Labute approximate surface area is 185 Å². The van der Waals surface area contributed by atoms with E-state index in [-0.39, 0.29) is 17.9 Å². The van der Waals surface area contributed by atoms with E-state index in [4.69, 9.17) is 0 Å². The summed E-state index contributed by atoms with van der Waals surface area (Å²) < 4.78 is 0. The lowest BCUT2D eigenvalue weighted by atomic mass is 9.96. The third-order valence-electron chi connectivity index (χ3n) is 6.50. The van der Waals surface area contributed by atoms with Gasteiger partial charge in [0.2, 0.25) is 11.8 Å². The fraction of sp³-hybridized carbons (Fsp3) is 0.462. The van der Waals surface area contributed by atoms with Gasteiger partial charge in [-0.15, -0.1) is 0 Å². The van der Waals surface area contributed by atoms with Crippen LogP contribution in [0.4, 0.5) is 0 Å². The van der Waals surface area contributed by atoms with Crippen LogP contribution < -0.4 is 0 Å². The molecule has 0 unspecified atom stereocenters. The van der Waals surface area contributed by atoms with Gasteiger partial charge in [0.05, 0.1) is 6.04 Å². The van der Waals surface area contributed by atoms with Crippen LogP contribution in [0.2, 0.25) is 0 Å². The Hall–Kier alpha value is -2.66. The highest BCUT2D eigenvalue weighted by molar-refractivity contribution is 5.77. The first-order chi connectivity index (χ1) is 15.2. The minimum Gasteiger partial charge on any atom is -0.343 e. The maximum absolute atomic E-state index is 12.7. The van der Waals surface area contributed by atoms with Crippen LogP contribution in [0.25, 0.3) is 0 Å². The first-order valence-electron chi connectivity index (χ1n) is 11.6. The summed E-state index contributed by atoms with van der Waals surface area (Å²) in [5.41, 5.74) is 2.58. The number of hydrogen-bond donors (Lipinski definition) is 0. The summed E-state index contributed by atoms with van der Waals surface area (Å²) >= 11 is 0. The fourth-order valence-electron chi connectivity index (χ4n) is 4.79. The molecule has 0 saturated carbocycles. The first-order valence-corrected chi connectivity index (χ1v) is 11.6. The van der Waals surface area contributed by atoms with Gasteiger partial charge in [-0.3, -0.25) is 14.5 Å². The molecule has 0 spiro atoms. The molecule has 0 atom stereocenters. The Morgan fingerprint density at radius 2 is 1.42 bits per heavy atom. The van der Waals surface area contributed by atoms with Gasteiger partial charge in [-0.1, -0.05) is 60.7 Å². The number of piperidine rings is 1. The largest absolute Gasteiger partial charge is 0.343 e. The highest BCUT2D eigenvalue weighted by Gasteiger charge is 2.28. The molecule has 2 saturated heterocycles. The second-order valence-corrected chi connectivity index (χ2v) is 8.58. The van der Waals surface area contributed by atoms with E-state index in [0.29, 0.717) is 19.4 Å². The van der Waals surface area contributed by atoms with Gasteiger partial charge in [0.25, 0.3) is 0 Å². The van der Waals surface area contributed by atoms with Crippen molar-refractivity contribution in [2.75, 3.05) is 39.3 Å². The number of piperazine rings is 1. The first kappa shape index (κ1) is 21.6. The number of carbonyl (C=O) groups excluding carboxylic acids is 2. The van der Waals surface area contributed by atoms with Crippen LogP contribution in [-0.4, -0.2) is 65.8 Å². The predicted molar refractivity (Wildman–Crippen MR) is 123 cm³/mol. The summed E-state index contributed by atoms with van der Waals surface area (Å²) in [5, 5.41) is 0. The minimum absolute atomic E-state index is 0.213. The van der Waals surface area contributed by atoms with Crippen LogP contribution in [0.3, 0.4) is 0 Å². The van der Waals surface area contributed by atoms with Crippen molar-refractivity contribution in [2.45, 2.75) is 38.1 Å². The molecule has 0 radical (unpaired) electrons. The molecular formula is C26H33N3O2. The smallest absolute Gasteiger partial charge is 0.222 e. The number of carbonyl (C=O) groups is 2. The molecule has 2 fully saturated rings. The van der Waals surface area contributed by atoms with Crippen LogP contribution >= 0.6 is 0 Å². The highest BCUT2D eigenvalue weighted by Crippen LogP contribution is 2.29. The van der Waals surface area contributed by atoms with Gasteiger partial charge in [0.1, 0.15) is 0 Å². The molecule has 0 N–H and O–H groups in total. The van der Waals surface area contributed by atoms with E-state index < -0.39 is 0 Å². The lowest BCUT2D eigenvalue weighted by Gasteiger charge is -2.40. The molecule has 164 valence electrons. The van der Waals surface area contributed by atoms with E-state index in [1.165, 1.54) is 11.1 Å². The van der Waals surface area contributed by atoms with Gasteiger partial charge in [-0.2, -0.15) is 0 Å². The van der Waals surface area contributed by atoms with Crippen LogP contribution in [-0.2, 0) is 9.59 Å². The van der Waals surface area contributed by atoms with E-state index in [1.807, 2.05) is 9.80 Å². The van der Waals surface area contributed by atoms with Crippen molar-refractivity contribution >= 4 is 11.8 Å². The van der Waals surface area contributed by atoms with Gasteiger partial charge in [0, 0.05) is 52.1 Å². The summed E-state index contributed by atoms with van der Waals surface area (Å²) in [6, 6.07) is 21.5. The Bertz CT molecular complexity index is 808. The van der Waals surface area contributed by atoms with Crippen molar-refractivity contribution < 1.29 is 9.59 Å².